The number of ether oxygens (including phenoxy) is 2. The summed E-state index contributed by atoms with van der Waals surface area (Å²) in [6.07, 6.45) is 1.64. The Labute approximate surface area is 176 Å². The van der Waals surface area contributed by atoms with Crippen molar-refractivity contribution in [1.29, 1.82) is 0 Å². The van der Waals surface area contributed by atoms with E-state index in [2.05, 4.69) is 6.58 Å². The molecule has 0 radical (unpaired) electrons. The van der Waals surface area contributed by atoms with Gasteiger partial charge < -0.3 is 19.5 Å². The third-order valence-corrected chi connectivity index (χ3v) is 4.96. The smallest absolute Gasteiger partial charge is 0.295 e. The van der Waals surface area contributed by atoms with Gasteiger partial charge in [-0.05, 0) is 36.8 Å². The standard InChI is InChI=1S/C24H25NO5/c1-4-14-30-19-11-9-18(10-12-19)22(26)20-21(17-7-5-16(2)6-8-17)25(13-15-29-3)24(28)23(20)27/h4-12,21,26H,1,13-15H2,2-3H3/b22-20+. The van der Waals surface area contributed by atoms with Crippen molar-refractivity contribution in [2.75, 3.05) is 26.9 Å². The molecular weight excluding hydrogens is 382 g/mol. The molecule has 1 amide bonds. The average molecular weight is 407 g/mol. The maximum absolute atomic E-state index is 12.9. The molecule has 1 aliphatic rings. The SMILES string of the molecule is C=CCOc1ccc(/C(O)=C2\C(=O)C(=O)N(CCOC)C2c2ccc(C)cc2)cc1. The molecular formula is C24H25NO5. The summed E-state index contributed by atoms with van der Waals surface area (Å²) in [4.78, 5) is 27.0. The molecule has 0 aliphatic carbocycles. The van der Waals surface area contributed by atoms with Gasteiger partial charge in [0.05, 0.1) is 18.2 Å². The van der Waals surface area contributed by atoms with Crippen molar-refractivity contribution in [3.05, 3.63) is 83.4 Å². The van der Waals surface area contributed by atoms with Crippen molar-refractivity contribution in [1.82, 2.24) is 4.90 Å². The molecule has 2 aromatic carbocycles. The lowest BCUT2D eigenvalue weighted by Crippen LogP contribution is -2.32. The molecule has 0 saturated carbocycles. The second-order valence-corrected chi connectivity index (χ2v) is 7.02. The van der Waals surface area contributed by atoms with Gasteiger partial charge in [-0.15, -0.1) is 0 Å². The molecule has 1 heterocycles. The van der Waals surface area contributed by atoms with Gasteiger partial charge in [-0.25, -0.2) is 0 Å². The number of carbonyl (C=O) groups is 2. The minimum Gasteiger partial charge on any atom is -0.507 e. The number of Topliss-reactive ketones (excluding diaryl/α,β-unsaturated/α-hetero) is 1. The lowest BCUT2D eigenvalue weighted by molar-refractivity contribution is -0.140. The van der Waals surface area contributed by atoms with E-state index in [1.807, 2.05) is 31.2 Å². The molecule has 2 aromatic rings. The number of aryl methyl sites for hydroxylation is 1. The zero-order chi connectivity index (χ0) is 21.7. The van der Waals surface area contributed by atoms with Gasteiger partial charge in [-0.3, -0.25) is 9.59 Å². The van der Waals surface area contributed by atoms with Crippen molar-refractivity contribution in [2.24, 2.45) is 0 Å². The molecule has 156 valence electrons. The Morgan fingerprint density at radius 1 is 1.13 bits per heavy atom. The third-order valence-electron chi connectivity index (χ3n) is 4.96. The lowest BCUT2D eigenvalue weighted by Gasteiger charge is -2.25. The van der Waals surface area contributed by atoms with Gasteiger partial charge >= 0.3 is 0 Å². The summed E-state index contributed by atoms with van der Waals surface area (Å²) in [5, 5.41) is 11.0. The fraction of sp³-hybridized carbons (Fsp3) is 0.250. The van der Waals surface area contributed by atoms with Crippen molar-refractivity contribution >= 4 is 17.4 Å². The highest BCUT2D eigenvalue weighted by atomic mass is 16.5. The molecule has 1 atom stereocenters. The number of benzene rings is 2. The van der Waals surface area contributed by atoms with Gasteiger partial charge in [-0.1, -0.05) is 42.5 Å². The first-order chi connectivity index (χ1) is 14.5. The van der Waals surface area contributed by atoms with Crippen LogP contribution in [0.1, 0.15) is 22.7 Å². The van der Waals surface area contributed by atoms with Crippen molar-refractivity contribution in [3.63, 3.8) is 0 Å². The van der Waals surface area contributed by atoms with Crippen LogP contribution in [0.5, 0.6) is 5.75 Å². The molecule has 30 heavy (non-hydrogen) atoms. The predicted octanol–water partition coefficient (Wildman–Crippen LogP) is 3.63. The monoisotopic (exact) mass is 407 g/mol. The second kappa shape index (κ2) is 9.41. The quantitative estimate of drug-likeness (QED) is 0.313. The lowest BCUT2D eigenvalue weighted by atomic mass is 9.94. The minimum absolute atomic E-state index is 0.0692. The van der Waals surface area contributed by atoms with Gasteiger partial charge in [0.1, 0.15) is 18.1 Å². The number of likely N-dealkylation sites (tertiary alicyclic amines) is 1. The number of aliphatic hydroxyl groups is 1. The summed E-state index contributed by atoms with van der Waals surface area (Å²) in [6.45, 7) is 6.45. The van der Waals surface area contributed by atoms with Crippen LogP contribution in [0.4, 0.5) is 0 Å². The topological polar surface area (TPSA) is 76.1 Å². The van der Waals surface area contributed by atoms with E-state index in [4.69, 9.17) is 9.47 Å². The first-order valence-electron chi connectivity index (χ1n) is 9.66. The Hall–Kier alpha value is -3.38. The fourth-order valence-electron chi connectivity index (χ4n) is 3.42. The largest absolute Gasteiger partial charge is 0.507 e. The van der Waals surface area contributed by atoms with Gasteiger partial charge in [0.2, 0.25) is 0 Å². The maximum atomic E-state index is 12.9. The maximum Gasteiger partial charge on any atom is 0.295 e. The minimum atomic E-state index is -0.707. The third kappa shape index (κ3) is 4.28. The summed E-state index contributed by atoms with van der Waals surface area (Å²) in [7, 11) is 1.54. The van der Waals surface area contributed by atoms with Crippen LogP contribution >= 0.6 is 0 Å². The number of hydrogen-bond acceptors (Lipinski definition) is 5. The number of amides is 1. The van der Waals surface area contributed by atoms with E-state index in [0.29, 0.717) is 17.9 Å². The first-order valence-corrected chi connectivity index (χ1v) is 9.66. The molecule has 1 saturated heterocycles. The van der Waals surface area contributed by atoms with E-state index in [1.54, 1.807) is 30.3 Å². The van der Waals surface area contributed by atoms with Crippen LogP contribution in [-0.4, -0.2) is 48.6 Å². The molecule has 6 heteroatoms. The van der Waals surface area contributed by atoms with Crippen molar-refractivity contribution < 1.29 is 24.2 Å². The summed E-state index contributed by atoms with van der Waals surface area (Å²) in [5.41, 5.74) is 2.31. The molecule has 1 fully saturated rings. The molecule has 0 spiro atoms. The van der Waals surface area contributed by atoms with E-state index in [1.165, 1.54) is 12.0 Å². The molecule has 6 nitrogen and oxygen atoms in total. The van der Waals surface area contributed by atoms with Gasteiger partial charge in [0.25, 0.3) is 11.7 Å². The van der Waals surface area contributed by atoms with Crippen LogP contribution in [0, 0.1) is 6.92 Å². The van der Waals surface area contributed by atoms with Crippen LogP contribution in [0.2, 0.25) is 0 Å². The Kier molecular flexibility index (Phi) is 6.69. The Bertz CT molecular complexity index is 960. The van der Waals surface area contributed by atoms with E-state index >= 15 is 0 Å². The summed E-state index contributed by atoms with van der Waals surface area (Å²) >= 11 is 0. The van der Waals surface area contributed by atoms with Crippen molar-refractivity contribution in [3.8, 4) is 5.75 Å². The molecule has 1 N–H and O–H groups in total. The van der Waals surface area contributed by atoms with Gasteiger partial charge in [-0.2, -0.15) is 0 Å². The van der Waals surface area contributed by atoms with E-state index < -0.39 is 17.7 Å². The number of rotatable bonds is 8. The fourth-order valence-corrected chi connectivity index (χ4v) is 3.42. The number of ketones is 1. The second-order valence-electron chi connectivity index (χ2n) is 7.02. The zero-order valence-corrected chi connectivity index (χ0v) is 17.1. The number of nitrogens with zero attached hydrogens (tertiary/aromatic N) is 1. The molecule has 1 unspecified atom stereocenters. The predicted molar refractivity (Wildman–Crippen MR) is 114 cm³/mol. The number of aliphatic hydroxyl groups excluding tert-OH is 1. The summed E-state index contributed by atoms with van der Waals surface area (Å²) in [5.74, 6) is -0.956. The van der Waals surface area contributed by atoms with Crippen molar-refractivity contribution in [2.45, 2.75) is 13.0 Å². The van der Waals surface area contributed by atoms with Crippen LogP contribution in [0.25, 0.3) is 5.76 Å². The molecule has 1 aliphatic heterocycles. The molecule has 3 rings (SSSR count). The van der Waals surface area contributed by atoms with E-state index in [-0.39, 0.29) is 24.5 Å². The zero-order valence-electron chi connectivity index (χ0n) is 17.1. The van der Waals surface area contributed by atoms with E-state index in [9.17, 15) is 14.7 Å². The average Bonchev–Trinajstić information content (AvgIpc) is 3.01. The highest BCUT2D eigenvalue weighted by Gasteiger charge is 2.45. The normalized spacial score (nSPS) is 17.9. The highest BCUT2D eigenvalue weighted by molar-refractivity contribution is 6.46. The van der Waals surface area contributed by atoms with Crippen LogP contribution < -0.4 is 4.74 Å². The molecule has 0 bridgehead atoms. The number of carbonyl (C=O) groups excluding carboxylic acids is 2. The number of hydrogen-bond donors (Lipinski definition) is 1. The Balaban J connectivity index is 2.05. The van der Waals surface area contributed by atoms with Crippen LogP contribution in [-0.2, 0) is 14.3 Å². The summed E-state index contributed by atoms with van der Waals surface area (Å²) in [6, 6.07) is 13.6. The van der Waals surface area contributed by atoms with E-state index in [0.717, 1.165) is 11.1 Å². The van der Waals surface area contributed by atoms with Gasteiger partial charge in [0.15, 0.2) is 0 Å². The first kappa shape index (κ1) is 21.3. The molecule has 0 aromatic heterocycles. The Morgan fingerprint density at radius 2 is 1.80 bits per heavy atom. The summed E-state index contributed by atoms with van der Waals surface area (Å²) < 4.78 is 10.6. The van der Waals surface area contributed by atoms with Crippen LogP contribution in [0.15, 0.2) is 66.8 Å². The van der Waals surface area contributed by atoms with Gasteiger partial charge in [0, 0.05) is 19.2 Å². The van der Waals surface area contributed by atoms with Crippen LogP contribution in [0.3, 0.4) is 0 Å². The number of methoxy groups -OCH3 is 1. The highest BCUT2D eigenvalue weighted by Crippen LogP contribution is 2.39. The Morgan fingerprint density at radius 3 is 2.40 bits per heavy atom.